The Bertz CT molecular complexity index is 491. The van der Waals surface area contributed by atoms with Crippen molar-refractivity contribution in [3.05, 3.63) is 16.1 Å². The Labute approximate surface area is 136 Å². The highest BCUT2D eigenvalue weighted by atomic mass is 35.5. The van der Waals surface area contributed by atoms with Crippen molar-refractivity contribution in [2.75, 3.05) is 39.8 Å². The predicted molar refractivity (Wildman–Crippen MR) is 80.1 cm³/mol. The topological polar surface area (TPSA) is 48.5 Å². The Kier molecular flexibility index (Phi) is 7.04. The van der Waals surface area contributed by atoms with Crippen LogP contribution in [0.4, 0.5) is 13.2 Å². The lowest BCUT2D eigenvalue weighted by atomic mass is 10.3. The quantitative estimate of drug-likeness (QED) is 0.885. The minimum absolute atomic E-state index is 0. The van der Waals surface area contributed by atoms with E-state index in [-0.39, 0.29) is 31.4 Å². The maximum atomic E-state index is 12.5. The summed E-state index contributed by atoms with van der Waals surface area (Å²) in [7, 11) is 1.72. The Morgan fingerprint density at radius 3 is 2.64 bits per heavy atom. The number of hydrogen-bond donors (Lipinski definition) is 1. The fourth-order valence-corrected chi connectivity index (χ4v) is 2.94. The van der Waals surface area contributed by atoms with Gasteiger partial charge in [-0.2, -0.15) is 13.2 Å². The maximum Gasteiger partial charge on any atom is 0.443 e. The molecule has 0 radical (unpaired) electrons. The van der Waals surface area contributed by atoms with Gasteiger partial charge in [-0.3, -0.25) is 9.69 Å². The van der Waals surface area contributed by atoms with E-state index in [0.29, 0.717) is 29.3 Å². The lowest BCUT2D eigenvalue weighted by molar-refractivity contribution is -0.137. The van der Waals surface area contributed by atoms with Crippen molar-refractivity contribution in [2.24, 2.45) is 0 Å². The third-order valence-electron chi connectivity index (χ3n) is 3.10. The average Bonchev–Trinajstić information content (AvgIpc) is 2.88. The smallest absolute Gasteiger partial charge is 0.339 e. The third-order valence-corrected chi connectivity index (χ3v) is 4.12. The van der Waals surface area contributed by atoms with Crippen molar-refractivity contribution < 1.29 is 18.0 Å². The molecule has 1 amide bonds. The van der Waals surface area contributed by atoms with Gasteiger partial charge in [-0.05, 0) is 7.05 Å². The summed E-state index contributed by atoms with van der Waals surface area (Å²) < 4.78 is 37.4. The predicted octanol–water partition coefficient (Wildman–Crippen LogP) is 1.45. The first-order valence-electron chi connectivity index (χ1n) is 6.55. The summed E-state index contributed by atoms with van der Waals surface area (Å²) in [5.74, 6) is -0.000407. The van der Waals surface area contributed by atoms with E-state index in [9.17, 15) is 18.0 Å². The largest absolute Gasteiger partial charge is 0.443 e. The lowest BCUT2D eigenvalue weighted by Crippen LogP contribution is -2.49. The van der Waals surface area contributed by atoms with Gasteiger partial charge >= 0.3 is 6.18 Å². The molecule has 5 nitrogen and oxygen atoms in total. The van der Waals surface area contributed by atoms with E-state index in [4.69, 9.17) is 0 Å². The molecular weight excluding hydrogens is 341 g/mol. The molecule has 1 aromatic heterocycles. The van der Waals surface area contributed by atoms with Crippen LogP contribution in [0.25, 0.3) is 0 Å². The summed E-state index contributed by atoms with van der Waals surface area (Å²) in [6, 6.07) is 0. The molecule has 1 saturated heterocycles. The van der Waals surface area contributed by atoms with E-state index in [1.165, 1.54) is 6.20 Å². The van der Waals surface area contributed by atoms with Crippen molar-refractivity contribution in [2.45, 2.75) is 12.7 Å². The second kappa shape index (κ2) is 8.09. The molecule has 0 unspecified atom stereocenters. The van der Waals surface area contributed by atoms with Gasteiger partial charge < -0.3 is 10.2 Å². The minimum atomic E-state index is -4.40. The highest BCUT2D eigenvalue weighted by Gasteiger charge is 2.34. The van der Waals surface area contributed by atoms with Gasteiger partial charge in [0.25, 0.3) is 0 Å². The van der Waals surface area contributed by atoms with E-state index >= 15 is 0 Å². The molecule has 2 heterocycles. The Balaban J connectivity index is 0.00000242. The van der Waals surface area contributed by atoms with Crippen LogP contribution >= 0.6 is 23.7 Å². The zero-order chi connectivity index (χ0) is 15.5. The van der Waals surface area contributed by atoms with E-state index in [1.54, 1.807) is 16.8 Å². The molecule has 126 valence electrons. The zero-order valence-electron chi connectivity index (χ0n) is 12.0. The number of hydrogen-bond acceptors (Lipinski definition) is 5. The minimum Gasteiger partial charge on any atom is -0.339 e. The van der Waals surface area contributed by atoms with Gasteiger partial charge in [0.15, 0.2) is 5.01 Å². The molecule has 22 heavy (non-hydrogen) atoms. The summed E-state index contributed by atoms with van der Waals surface area (Å²) >= 11 is 0.618. The summed E-state index contributed by atoms with van der Waals surface area (Å²) in [6.07, 6.45) is -3.18. The number of aromatic nitrogens is 1. The lowest BCUT2D eigenvalue weighted by Gasteiger charge is -2.29. The van der Waals surface area contributed by atoms with Crippen LogP contribution in [-0.2, 0) is 17.5 Å². The summed E-state index contributed by atoms with van der Waals surface area (Å²) in [6.45, 7) is 3.38. The first-order valence-corrected chi connectivity index (χ1v) is 7.37. The Morgan fingerprint density at radius 1 is 1.45 bits per heavy atom. The van der Waals surface area contributed by atoms with Gasteiger partial charge in [-0.15, -0.1) is 23.7 Å². The standard InChI is InChI=1S/C12H17F3N4OS.ClH/c1-18(8-10(20)19-4-2-16-3-5-19)7-9-6-17-11(21-9)12(13,14)15;/h6,16H,2-5,7-8H2,1H3;1H. The second-order valence-corrected chi connectivity index (χ2v) is 6.05. The van der Waals surface area contributed by atoms with E-state index in [2.05, 4.69) is 10.3 Å². The van der Waals surface area contributed by atoms with Gasteiger partial charge in [-0.1, -0.05) is 0 Å². The maximum absolute atomic E-state index is 12.5. The van der Waals surface area contributed by atoms with Crippen LogP contribution in [0.2, 0.25) is 0 Å². The molecular formula is C12H18ClF3N4OS. The van der Waals surface area contributed by atoms with Crippen molar-refractivity contribution >= 4 is 29.7 Å². The van der Waals surface area contributed by atoms with Crippen molar-refractivity contribution in [3.8, 4) is 0 Å². The molecule has 2 rings (SSSR count). The number of nitrogens with zero attached hydrogens (tertiary/aromatic N) is 3. The van der Waals surface area contributed by atoms with Crippen molar-refractivity contribution in [1.29, 1.82) is 0 Å². The highest BCUT2D eigenvalue weighted by Crippen LogP contribution is 2.32. The van der Waals surface area contributed by atoms with Crippen LogP contribution in [0.3, 0.4) is 0 Å². The fraction of sp³-hybridized carbons (Fsp3) is 0.667. The van der Waals surface area contributed by atoms with Crippen LogP contribution in [0.5, 0.6) is 0 Å². The fourth-order valence-electron chi connectivity index (χ4n) is 2.08. The molecule has 0 aliphatic carbocycles. The monoisotopic (exact) mass is 358 g/mol. The number of amides is 1. The number of carbonyl (C=O) groups excluding carboxylic acids is 1. The van der Waals surface area contributed by atoms with E-state index < -0.39 is 11.2 Å². The Morgan fingerprint density at radius 2 is 2.09 bits per heavy atom. The molecule has 0 bridgehead atoms. The van der Waals surface area contributed by atoms with Crippen LogP contribution in [0.15, 0.2) is 6.20 Å². The first kappa shape index (κ1) is 19.1. The molecule has 1 N–H and O–H groups in total. The van der Waals surface area contributed by atoms with Gasteiger partial charge in [0, 0.05) is 43.8 Å². The number of piperazine rings is 1. The average molecular weight is 359 g/mol. The zero-order valence-corrected chi connectivity index (χ0v) is 13.7. The first-order chi connectivity index (χ1) is 9.86. The summed E-state index contributed by atoms with van der Waals surface area (Å²) in [5, 5.41) is 2.31. The molecule has 0 spiro atoms. The van der Waals surface area contributed by atoms with E-state index in [1.807, 2.05) is 0 Å². The number of rotatable bonds is 4. The normalized spacial score (nSPS) is 15.8. The molecule has 1 fully saturated rings. The number of alkyl halides is 3. The summed E-state index contributed by atoms with van der Waals surface area (Å²) in [4.78, 5) is 19.4. The molecule has 0 saturated carbocycles. The van der Waals surface area contributed by atoms with Gasteiger partial charge in [0.1, 0.15) is 0 Å². The van der Waals surface area contributed by atoms with Crippen molar-refractivity contribution in [3.63, 3.8) is 0 Å². The highest BCUT2D eigenvalue weighted by molar-refractivity contribution is 7.11. The Hall–Kier alpha value is -0.900. The van der Waals surface area contributed by atoms with Crippen LogP contribution in [-0.4, -0.2) is 60.5 Å². The molecule has 0 atom stereocenters. The second-order valence-electron chi connectivity index (χ2n) is 4.93. The van der Waals surface area contributed by atoms with Crippen molar-refractivity contribution in [1.82, 2.24) is 20.1 Å². The number of thiazole rings is 1. The number of carbonyl (C=O) groups is 1. The van der Waals surface area contributed by atoms with Crippen LogP contribution in [0.1, 0.15) is 9.88 Å². The molecule has 1 aliphatic rings. The third kappa shape index (κ3) is 5.38. The molecule has 10 heteroatoms. The van der Waals surface area contributed by atoms with Gasteiger partial charge in [0.2, 0.25) is 5.91 Å². The molecule has 1 aliphatic heterocycles. The van der Waals surface area contributed by atoms with Crippen LogP contribution in [0, 0.1) is 0 Å². The van der Waals surface area contributed by atoms with Gasteiger partial charge in [-0.25, -0.2) is 4.98 Å². The SMILES string of the molecule is CN(CC(=O)N1CCNCC1)Cc1cnc(C(F)(F)F)s1.Cl. The molecule has 1 aromatic rings. The molecule has 0 aromatic carbocycles. The van der Waals surface area contributed by atoms with E-state index in [0.717, 1.165) is 13.1 Å². The van der Waals surface area contributed by atoms with Gasteiger partial charge in [0.05, 0.1) is 6.54 Å². The van der Waals surface area contributed by atoms with Crippen LogP contribution < -0.4 is 5.32 Å². The summed E-state index contributed by atoms with van der Waals surface area (Å²) in [5.41, 5.74) is 0. The number of halogens is 4. The number of likely N-dealkylation sites (N-methyl/N-ethyl adjacent to an activating group) is 1. The number of nitrogens with one attached hydrogen (secondary N) is 1.